The molecule has 0 spiro atoms. The Labute approximate surface area is 221 Å². The minimum Gasteiger partial charge on any atom is -0.467 e. The summed E-state index contributed by atoms with van der Waals surface area (Å²) in [7, 11) is -3.84. The van der Waals surface area contributed by atoms with Gasteiger partial charge >= 0.3 is 0 Å². The number of carbonyl (C=O) groups excluding carboxylic acids is 2. The van der Waals surface area contributed by atoms with E-state index in [2.05, 4.69) is 10.6 Å². The van der Waals surface area contributed by atoms with Crippen LogP contribution in [0.15, 0.2) is 102 Å². The fourth-order valence-electron chi connectivity index (χ4n) is 3.80. The quantitative estimate of drug-likeness (QED) is 0.303. The van der Waals surface area contributed by atoms with E-state index >= 15 is 0 Å². The Hall–Kier alpha value is -4.57. The number of hydrogen-bond acceptors (Lipinski definition) is 6. The first kappa shape index (κ1) is 26.5. The van der Waals surface area contributed by atoms with Crippen molar-refractivity contribution in [2.45, 2.75) is 19.5 Å². The molecule has 0 aliphatic heterocycles. The van der Waals surface area contributed by atoms with Crippen molar-refractivity contribution in [3.63, 3.8) is 0 Å². The Balaban J connectivity index is 1.49. The molecule has 4 rings (SSSR count). The normalized spacial score (nSPS) is 11.8. The monoisotopic (exact) mass is 533 g/mol. The Morgan fingerprint density at radius 1 is 0.895 bits per heavy atom. The van der Waals surface area contributed by atoms with Crippen LogP contribution in [-0.4, -0.2) is 32.5 Å². The number of rotatable bonds is 10. The molecule has 0 aliphatic carbocycles. The molecule has 196 valence electrons. The van der Waals surface area contributed by atoms with E-state index in [1.807, 2.05) is 18.2 Å². The van der Waals surface area contributed by atoms with Gasteiger partial charge in [-0.1, -0.05) is 30.3 Å². The van der Waals surface area contributed by atoms with Gasteiger partial charge in [0.1, 0.15) is 23.3 Å². The highest BCUT2D eigenvalue weighted by Gasteiger charge is 2.30. The molecule has 0 fully saturated rings. The average molecular weight is 534 g/mol. The summed E-state index contributed by atoms with van der Waals surface area (Å²) in [5.41, 5.74) is 0.773. The van der Waals surface area contributed by atoms with Gasteiger partial charge in [-0.05, 0) is 67.6 Å². The molecular weight excluding hydrogens is 506 g/mol. The summed E-state index contributed by atoms with van der Waals surface area (Å²) in [4.78, 5) is 26.0. The summed E-state index contributed by atoms with van der Waals surface area (Å²) >= 11 is 0. The van der Waals surface area contributed by atoms with Crippen LogP contribution in [0.2, 0.25) is 0 Å². The number of ether oxygens (including phenoxy) is 1. The van der Waals surface area contributed by atoms with Crippen molar-refractivity contribution in [2.75, 3.05) is 15.9 Å². The number of amides is 2. The van der Waals surface area contributed by atoms with Gasteiger partial charge in [0.25, 0.3) is 5.91 Å². The molecule has 4 aromatic rings. The minimum absolute atomic E-state index is 0.177. The number of anilines is 2. The molecule has 1 atom stereocenters. The first-order valence-electron chi connectivity index (χ1n) is 11.8. The van der Waals surface area contributed by atoms with E-state index in [0.717, 1.165) is 10.6 Å². The summed E-state index contributed by atoms with van der Waals surface area (Å²) in [5, 5.41) is 5.43. The largest absolute Gasteiger partial charge is 0.467 e. The topological polar surface area (TPSA) is 118 Å². The maximum atomic E-state index is 13.2. The molecule has 0 radical (unpaired) electrons. The number of nitrogens with one attached hydrogen (secondary N) is 2. The smallest absolute Gasteiger partial charge is 0.253 e. The zero-order valence-corrected chi connectivity index (χ0v) is 21.6. The molecule has 0 saturated carbocycles. The van der Waals surface area contributed by atoms with Gasteiger partial charge in [0.05, 0.1) is 36.0 Å². The average Bonchev–Trinajstić information content (AvgIpc) is 3.42. The lowest BCUT2D eigenvalue weighted by atomic mass is 10.1. The van der Waals surface area contributed by atoms with E-state index < -0.39 is 27.9 Å². The van der Waals surface area contributed by atoms with Crippen LogP contribution in [0.25, 0.3) is 0 Å². The Kier molecular flexibility index (Phi) is 8.12. The van der Waals surface area contributed by atoms with Crippen LogP contribution in [0, 0.1) is 0 Å². The second kappa shape index (κ2) is 11.7. The van der Waals surface area contributed by atoms with Gasteiger partial charge in [0, 0.05) is 0 Å². The van der Waals surface area contributed by atoms with Gasteiger partial charge < -0.3 is 19.8 Å². The Morgan fingerprint density at radius 3 is 2.21 bits per heavy atom. The zero-order valence-electron chi connectivity index (χ0n) is 20.8. The van der Waals surface area contributed by atoms with Crippen molar-refractivity contribution in [3.8, 4) is 11.5 Å². The first-order valence-corrected chi connectivity index (χ1v) is 13.6. The third-order valence-electron chi connectivity index (χ3n) is 5.59. The number of nitrogens with zero attached hydrogens (tertiary/aromatic N) is 1. The summed E-state index contributed by atoms with van der Waals surface area (Å²) in [6, 6.07) is 24.4. The lowest BCUT2D eigenvalue weighted by Crippen LogP contribution is -2.45. The Morgan fingerprint density at radius 2 is 1.55 bits per heavy atom. The van der Waals surface area contributed by atoms with Crippen LogP contribution < -0.4 is 19.7 Å². The van der Waals surface area contributed by atoms with Crippen molar-refractivity contribution in [3.05, 3.63) is 109 Å². The van der Waals surface area contributed by atoms with E-state index in [-0.39, 0.29) is 17.8 Å². The van der Waals surface area contributed by atoms with Crippen molar-refractivity contribution >= 4 is 33.2 Å². The second-order valence-electron chi connectivity index (χ2n) is 8.44. The fraction of sp³-hybridized carbons (Fsp3) is 0.143. The molecule has 1 heterocycles. The number of para-hydroxylation sites is 2. The van der Waals surface area contributed by atoms with Gasteiger partial charge in [-0.15, -0.1) is 0 Å². The van der Waals surface area contributed by atoms with Crippen LogP contribution in [0.3, 0.4) is 0 Å². The molecule has 10 heteroatoms. The van der Waals surface area contributed by atoms with Gasteiger partial charge in [0.2, 0.25) is 15.9 Å². The highest BCUT2D eigenvalue weighted by Crippen LogP contribution is 2.27. The van der Waals surface area contributed by atoms with Gasteiger partial charge in [-0.25, -0.2) is 8.42 Å². The molecule has 3 aromatic carbocycles. The summed E-state index contributed by atoms with van der Waals surface area (Å²) in [6.45, 7) is 1.65. The number of sulfonamides is 1. The third kappa shape index (κ3) is 6.60. The summed E-state index contributed by atoms with van der Waals surface area (Å²) < 4.78 is 37.5. The maximum Gasteiger partial charge on any atom is 0.253 e. The minimum atomic E-state index is -3.84. The van der Waals surface area contributed by atoms with Crippen molar-refractivity contribution in [1.29, 1.82) is 0 Å². The molecule has 0 aliphatic rings. The molecule has 2 N–H and O–H groups in total. The molecule has 38 heavy (non-hydrogen) atoms. The molecular formula is C28H27N3O6S. The van der Waals surface area contributed by atoms with Crippen LogP contribution in [0.1, 0.15) is 23.0 Å². The number of benzene rings is 3. The van der Waals surface area contributed by atoms with Crippen LogP contribution in [-0.2, 0) is 21.4 Å². The molecule has 0 unspecified atom stereocenters. The van der Waals surface area contributed by atoms with E-state index in [4.69, 9.17) is 9.15 Å². The predicted octanol–water partition coefficient (Wildman–Crippen LogP) is 4.80. The lowest BCUT2D eigenvalue weighted by molar-refractivity contribution is -0.116. The van der Waals surface area contributed by atoms with Crippen molar-refractivity contribution in [1.82, 2.24) is 5.32 Å². The standard InChI is InChI=1S/C28H27N3O6S/c1-20(27(32)30-26-13-7-6-12-25(26)28(33)29-19-24-11-8-18-36-24)31(38(2,34)35)21-14-16-23(17-15-21)37-22-9-4-3-5-10-22/h3-18,20H,19H2,1-2H3,(H,29,33)(H,30,32)/t20-/m1/s1. The van der Waals surface area contributed by atoms with Crippen LogP contribution >= 0.6 is 0 Å². The highest BCUT2D eigenvalue weighted by molar-refractivity contribution is 7.92. The van der Waals surface area contributed by atoms with Gasteiger partial charge in [-0.3, -0.25) is 13.9 Å². The lowest BCUT2D eigenvalue weighted by Gasteiger charge is -2.28. The van der Waals surface area contributed by atoms with Crippen molar-refractivity contribution < 1.29 is 27.2 Å². The van der Waals surface area contributed by atoms with Crippen LogP contribution in [0.4, 0.5) is 11.4 Å². The Bertz CT molecular complexity index is 1490. The number of carbonyl (C=O) groups is 2. The SMILES string of the molecule is C[C@H](C(=O)Nc1ccccc1C(=O)NCc1ccco1)N(c1ccc(Oc2ccccc2)cc1)S(C)(=O)=O. The third-order valence-corrected chi connectivity index (χ3v) is 6.83. The molecule has 9 nitrogen and oxygen atoms in total. The van der Waals surface area contributed by atoms with E-state index in [1.54, 1.807) is 72.8 Å². The second-order valence-corrected chi connectivity index (χ2v) is 10.3. The highest BCUT2D eigenvalue weighted by atomic mass is 32.2. The molecule has 0 saturated heterocycles. The van der Waals surface area contributed by atoms with E-state index in [0.29, 0.717) is 22.9 Å². The van der Waals surface area contributed by atoms with Crippen molar-refractivity contribution in [2.24, 2.45) is 0 Å². The predicted molar refractivity (Wildman–Crippen MR) is 145 cm³/mol. The molecule has 0 bridgehead atoms. The zero-order chi connectivity index (χ0) is 27.1. The molecule has 2 amide bonds. The maximum absolute atomic E-state index is 13.2. The first-order chi connectivity index (χ1) is 18.2. The number of hydrogen-bond donors (Lipinski definition) is 2. The van der Waals surface area contributed by atoms with Crippen LogP contribution in [0.5, 0.6) is 11.5 Å². The van der Waals surface area contributed by atoms with Gasteiger partial charge in [-0.2, -0.15) is 0 Å². The number of furan rings is 1. The van der Waals surface area contributed by atoms with E-state index in [9.17, 15) is 18.0 Å². The van der Waals surface area contributed by atoms with Gasteiger partial charge in [0.15, 0.2) is 0 Å². The van der Waals surface area contributed by atoms with E-state index in [1.165, 1.54) is 13.2 Å². The molecule has 1 aromatic heterocycles. The summed E-state index contributed by atoms with van der Waals surface area (Å²) in [6.07, 6.45) is 2.54. The summed E-state index contributed by atoms with van der Waals surface area (Å²) in [5.74, 6) is 0.711. The fourth-order valence-corrected chi connectivity index (χ4v) is 4.97.